The molecule has 0 unspecified atom stereocenters. The van der Waals surface area contributed by atoms with Gasteiger partial charge in [0.2, 0.25) is 0 Å². The Morgan fingerprint density at radius 1 is 1.83 bits per heavy atom. The van der Waals surface area contributed by atoms with Crippen LogP contribution in [-0.2, 0) is 0 Å². The molecule has 0 bridgehead atoms. The van der Waals surface area contributed by atoms with Crippen LogP contribution in [0.5, 0.6) is 0 Å². The summed E-state index contributed by atoms with van der Waals surface area (Å²) in [7, 11) is 0. The zero-order valence-electron chi connectivity index (χ0n) is 3.50. The van der Waals surface area contributed by atoms with Crippen molar-refractivity contribution in [1.82, 2.24) is 0 Å². The number of hydrogen-bond donors (Lipinski definition) is 1. The SMILES string of the molecule is C/C=N/N=B/S. The van der Waals surface area contributed by atoms with E-state index in [-0.39, 0.29) is 0 Å². The Morgan fingerprint density at radius 3 is 2.67 bits per heavy atom. The molecule has 0 saturated carbocycles. The Hall–Kier alpha value is -0.115. The van der Waals surface area contributed by atoms with Crippen LogP contribution in [0.2, 0.25) is 0 Å². The van der Waals surface area contributed by atoms with Crippen LogP contribution in [0, 0.1) is 0 Å². The number of hydrogen-bond acceptors (Lipinski definition) is 2. The van der Waals surface area contributed by atoms with Crippen molar-refractivity contribution in [3.63, 3.8) is 0 Å². The monoisotopic (exact) mass is 100 g/mol. The van der Waals surface area contributed by atoms with Crippen molar-refractivity contribution in [3.8, 4) is 0 Å². The molecule has 0 atom stereocenters. The topological polar surface area (TPSA) is 24.7 Å². The fourth-order valence-corrected chi connectivity index (χ4v) is 0.156. The summed E-state index contributed by atoms with van der Waals surface area (Å²) in [5.41, 5.74) is 0. The van der Waals surface area contributed by atoms with E-state index in [4.69, 9.17) is 0 Å². The van der Waals surface area contributed by atoms with E-state index in [0.29, 0.717) is 0 Å². The summed E-state index contributed by atoms with van der Waals surface area (Å²) >= 11 is 3.65. The minimum atomic E-state index is 1.33. The van der Waals surface area contributed by atoms with Crippen molar-refractivity contribution in [2.75, 3.05) is 0 Å². The molecule has 0 aromatic carbocycles. The van der Waals surface area contributed by atoms with Gasteiger partial charge in [-0.15, -0.1) is 0 Å². The Kier molecular flexibility index (Phi) is 4.79. The average Bonchev–Trinajstić information content (AvgIpc) is 1.61. The van der Waals surface area contributed by atoms with Gasteiger partial charge >= 0.3 is 42.1 Å². The van der Waals surface area contributed by atoms with Crippen LogP contribution in [0.25, 0.3) is 0 Å². The zero-order chi connectivity index (χ0) is 4.83. The number of nitrogens with zero attached hydrogens (tertiary/aromatic N) is 2. The van der Waals surface area contributed by atoms with Crippen LogP contribution in [0.1, 0.15) is 6.92 Å². The van der Waals surface area contributed by atoms with E-state index in [1.165, 1.54) is 6.35 Å². The molecule has 0 aromatic rings. The molecule has 6 heavy (non-hydrogen) atoms. The van der Waals surface area contributed by atoms with Crippen LogP contribution >= 0.6 is 12.5 Å². The van der Waals surface area contributed by atoms with Crippen LogP contribution in [0.15, 0.2) is 10.1 Å². The maximum absolute atomic E-state index is 3.65. The first kappa shape index (κ1) is 5.88. The maximum atomic E-state index is 3.65. The van der Waals surface area contributed by atoms with Crippen molar-refractivity contribution in [3.05, 3.63) is 0 Å². The van der Waals surface area contributed by atoms with E-state index in [2.05, 4.69) is 22.6 Å². The summed E-state index contributed by atoms with van der Waals surface area (Å²) in [6.07, 6.45) is 2.92. The molecule has 32 valence electrons. The molecule has 0 aliphatic heterocycles. The first-order valence-electron chi connectivity index (χ1n) is 1.55. The zero-order valence-corrected chi connectivity index (χ0v) is 4.39. The fraction of sp³-hybridized carbons (Fsp3) is 0.500. The molecule has 4 heteroatoms. The molecule has 0 aliphatic rings. The summed E-state index contributed by atoms with van der Waals surface area (Å²) in [6, 6.07) is 0. The fourth-order valence-electron chi connectivity index (χ4n) is 0.0965. The van der Waals surface area contributed by atoms with Gasteiger partial charge in [-0.3, -0.25) is 0 Å². The molecule has 2 nitrogen and oxygen atoms in total. The van der Waals surface area contributed by atoms with E-state index in [1.54, 1.807) is 13.1 Å². The van der Waals surface area contributed by atoms with Gasteiger partial charge in [0, 0.05) is 0 Å². The molecular formula is C2H5BN2S. The first-order valence-corrected chi connectivity index (χ1v) is 2.07. The van der Waals surface area contributed by atoms with Crippen LogP contribution in [0.4, 0.5) is 0 Å². The van der Waals surface area contributed by atoms with Crippen molar-refractivity contribution < 1.29 is 0 Å². The van der Waals surface area contributed by atoms with Gasteiger partial charge in [-0.05, 0) is 0 Å². The summed E-state index contributed by atoms with van der Waals surface area (Å²) in [4.78, 5) is 0. The third kappa shape index (κ3) is 3.88. The predicted molar refractivity (Wildman–Crippen MR) is 31.3 cm³/mol. The van der Waals surface area contributed by atoms with Crippen molar-refractivity contribution in [2.45, 2.75) is 6.92 Å². The average molecular weight is 100.0 g/mol. The van der Waals surface area contributed by atoms with E-state index in [1.807, 2.05) is 0 Å². The van der Waals surface area contributed by atoms with Gasteiger partial charge in [-0.2, -0.15) is 0 Å². The van der Waals surface area contributed by atoms with E-state index in [0.717, 1.165) is 0 Å². The van der Waals surface area contributed by atoms with Crippen molar-refractivity contribution >= 4 is 25.0 Å². The van der Waals surface area contributed by atoms with Crippen LogP contribution in [0.3, 0.4) is 0 Å². The Bertz CT molecular complexity index is 59.9. The van der Waals surface area contributed by atoms with Crippen LogP contribution in [-0.4, -0.2) is 12.6 Å². The van der Waals surface area contributed by atoms with E-state index in [9.17, 15) is 0 Å². The van der Waals surface area contributed by atoms with Crippen LogP contribution < -0.4 is 0 Å². The van der Waals surface area contributed by atoms with E-state index < -0.39 is 0 Å². The third-order valence-electron chi connectivity index (χ3n) is 0.234. The summed E-state index contributed by atoms with van der Waals surface area (Å²) in [5.74, 6) is 0. The molecule has 0 amide bonds. The van der Waals surface area contributed by atoms with Gasteiger partial charge in [0.15, 0.2) is 0 Å². The van der Waals surface area contributed by atoms with Gasteiger partial charge in [0.05, 0.1) is 0 Å². The first-order chi connectivity index (χ1) is 2.91. The summed E-state index contributed by atoms with van der Waals surface area (Å²) in [6.45, 7) is 1.79. The Morgan fingerprint density at radius 2 is 2.50 bits per heavy atom. The standard InChI is InChI=1S/C2H5BN2S/c1-2-4-5-3-6/h2,6H,1H3/b4-2+. The van der Waals surface area contributed by atoms with Gasteiger partial charge in [0.1, 0.15) is 0 Å². The normalized spacial score (nSPS) is 10.3. The van der Waals surface area contributed by atoms with Gasteiger partial charge in [0.25, 0.3) is 0 Å². The van der Waals surface area contributed by atoms with Gasteiger partial charge < -0.3 is 0 Å². The molecule has 0 heterocycles. The molecule has 0 aromatic heterocycles. The molecule has 0 fully saturated rings. The molecule has 0 aliphatic carbocycles. The molecule has 0 radical (unpaired) electrons. The minimum absolute atomic E-state index is 1.33. The third-order valence-corrected chi connectivity index (χ3v) is 0.337. The molecule has 0 N–H and O–H groups in total. The quantitative estimate of drug-likeness (QED) is 0.217. The molecular weight excluding hydrogens is 94.9 g/mol. The van der Waals surface area contributed by atoms with Gasteiger partial charge in [-0.25, -0.2) is 0 Å². The second-order valence-corrected chi connectivity index (χ2v) is 0.836. The summed E-state index contributed by atoms with van der Waals surface area (Å²) in [5, 5.41) is 6.86. The summed E-state index contributed by atoms with van der Waals surface area (Å²) < 4.78 is 0. The number of rotatable bonds is 1. The van der Waals surface area contributed by atoms with E-state index >= 15 is 0 Å². The van der Waals surface area contributed by atoms with Gasteiger partial charge in [-0.1, -0.05) is 0 Å². The predicted octanol–water partition coefficient (Wildman–Crippen LogP) is 0.725. The van der Waals surface area contributed by atoms with Crippen molar-refractivity contribution in [2.24, 2.45) is 10.1 Å². The molecule has 0 saturated heterocycles. The number of thiol groups is 1. The second kappa shape index (κ2) is 4.88. The second-order valence-electron chi connectivity index (χ2n) is 0.605. The Labute approximate surface area is 42.9 Å². The molecule has 0 spiro atoms. The Balaban J connectivity index is 3.07. The molecule has 0 rings (SSSR count). The van der Waals surface area contributed by atoms with Crippen molar-refractivity contribution in [1.29, 1.82) is 0 Å².